The van der Waals surface area contributed by atoms with E-state index in [1.165, 1.54) is 4.88 Å². The van der Waals surface area contributed by atoms with Gasteiger partial charge in [0, 0.05) is 4.88 Å². The molecule has 0 saturated carbocycles. The summed E-state index contributed by atoms with van der Waals surface area (Å²) in [6, 6.07) is 9.98. The summed E-state index contributed by atoms with van der Waals surface area (Å²) in [7, 11) is 1.66. The second-order valence-electron chi connectivity index (χ2n) is 3.40. The number of rotatable bonds is 3. The van der Waals surface area contributed by atoms with Gasteiger partial charge in [-0.25, -0.2) is 0 Å². The molecular weight excluding hydrogens is 387 g/mol. The first-order chi connectivity index (χ1) is 8.11. The minimum Gasteiger partial charge on any atom is -0.496 e. The number of hydrogen-bond donors (Lipinski definition) is 0. The fourth-order valence-electron chi connectivity index (χ4n) is 1.47. The van der Waals surface area contributed by atoms with Crippen LogP contribution in [0.1, 0.15) is 15.3 Å². The standard InChI is InChI=1S/C12H9Br2ClOS/c1-16-9-3-2-7(6-8(9)13)12(14)10-4-5-11(15)17-10/h2-6,12H,1H3. The van der Waals surface area contributed by atoms with Crippen LogP contribution in [0.15, 0.2) is 34.8 Å². The molecule has 0 bridgehead atoms. The van der Waals surface area contributed by atoms with Gasteiger partial charge in [-0.3, -0.25) is 0 Å². The Kier molecular flexibility index (Phi) is 4.53. The van der Waals surface area contributed by atoms with Crippen molar-refractivity contribution in [1.29, 1.82) is 0 Å². The Morgan fingerprint density at radius 1 is 1.29 bits per heavy atom. The van der Waals surface area contributed by atoms with Crippen LogP contribution in [0, 0.1) is 0 Å². The summed E-state index contributed by atoms with van der Waals surface area (Å²) in [6.45, 7) is 0. The fourth-order valence-corrected chi connectivity index (χ4v) is 3.81. The summed E-state index contributed by atoms with van der Waals surface area (Å²) in [4.78, 5) is 1.34. The van der Waals surface area contributed by atoms with E-state index >= 15 is 0 Å². The van der Waals surface area contributed by atoms with Gasteiger partial charge in [0.25, 0.3) is 0 Å². The molecule has 0 spiro atoms. The van der Waals surface area contributed by atoms with E-state index in [0.29, 0.717) is 0 Å². The highest BCUT2D eigenvalue weighted by Gasteiger charge is 2.14. The van der Waals surface area contributed by atoms with E-state index < -0.39 is 0 Å². The molecule has 0 aliphatic carbocycles. The molecular formula is C12H9Br2ClOS. The summed E-state index contributed by atoms with van der Waals surface area (Å²) in [6.07, 6.45) is 0. The Hall–Kier alpha value is -0.0300. The van der Waals surface area contributed by atoms with E-state index in [4.69, 9.17) is 16.3 Å². The maximum absolute atomic E-state index is 5.94. The van der Waals surface area contributed by atoms with Gasteiger partial charge in [-0.2, -0.15) is 0 Å². The zero-order valence-corrected chi connectivity index (χ0v) is 13.7. The quantitative estimate of drug-likeness (QED) is 0.609. The molecule has 1 atom stereocenters. The molecule has 1 aromatic carbocycles. The van der Waals surface area contributed by atoms with Gasteiger partial charge in [0.2, 0.25) is 0 Å². The number of methoxy groups -OCH3 is 1. The van der Waals surface area contributed by atoms with E-state index in [-0.39, 0.29) is 4.83 Å². The summed E-state index contributed by atoms with van der Waals surface area (Å²) in [5.74, 6) is 0.831. The van der Waals surface area contributed by atoms with Crippen molar-refractivity contribution in [1.82, 2.24) is 0 Å². The fraction of sp³-hybridized carbons (Fsp3) is 0.167. The van der Waals surface area contributed by atoms with Crippen molar-refractivity contribution in [2.45, 2.75) is 4.83 Å². The van der Waals surface area contributed by atoms with E-state index in [1.54, 1.807) is 18.4 Å². The van der Waals surface area contributed by atoms with Crippen molar-refractivity contribution in [3.05, 3.63) is 49.6 Å². The number of benzene rings is 1. The predicted octanol–water partition coefficient (Wildman–Crippen LogP) is 5.66. The van der Waals surface area contributed by atoms with Gasteiger partial charge in [0.05, 0.1) is 20.7 Å². The predicted molar refractivity (Wildman–Crippen MR) is 80.8 cm³/mol. The molecule has 17 heavy (non-hydrogen) atoms. The third kappa shape index (κ3) is 3.05. The minimum absolute atomic E-state index is 0.155. The van der Waals surface area contributed by atoms with Crippen LogP contribution in [0.2, 0.25) is 4.34 Å². The molecule has 2 rings (SSSR count). The lowest BCUT2D eigenvalue weighted by atomic mass is 10.1. The Labute approximate surface area is 126 Å². The topological polar surface area (TPSA) is 9.23 Å². The normalized spacial score (nSPS) is 12.5. The van der Waals surface area contributed by atoms with E-state index in [2.05, 4.69) is 31.9 Å². The zero-order valence-electron chi connectivity index (χ0n) is 8.91. The Balaban J connectivity index is 2.31. The molecule has 2 aromatic rings. The van der Waals surface area contributed by atoms with Gasteiger partial charge >= 0.3 is 0 Å². The van der Waals surface area contributed by atoms with Crippen molar-refractivity contribution in [3.8, 4) is 5.75 Å². The van der Waals surface area contributed by atoms with Crippen LogP contribution in [-0.2, 0) is 0 Å². The second kappa shape index (κ2) is 5.74. The number of halogens is 3. The van der Waals surface area contributed by atoms with Gasteiger partial charge in [0.1, 0.15) is 5.75 Å². The third-order valence-corrected chi connectivity index (χ3v) is 5.55. The van der Waals surface area contributed by atoms with Crippen LogP contribution >= 0.6 is 54.8 Å². The number of hydrogen-bond acceptors (Lipinski definition) is 2. The molecule has 0 N–H and O–H groups in total. The maximum Gasteiger partial charge on any atom is 0.133 e. The van der Waals surface area contributed by atoms with Crippen molar-refractivity contribution in [2.75, 3.05) is 7.11 Å². The molecule has 0 radical (unpaired) electrons. The van der Waals surface area contributed by atoms with Gasteiger partial charge < -0.3 is 4.74 Å². The van der Waals surface area contributed by atoms with Crippen LogP contribution in [0.3, 0.4) is 0 Å². The zero-order chi connectivity index (χ0) is 12.4. The van der Waals surface area contributed by atoms with E-state index in [1.807, 2.05) is 30.3 Å². The van der Waals surface area contributed by atoms with Gasteiger partial charge in [-0.1, -0.05) is 33.6 Å². The first kappa shape index (κ1) is 13.4. The van der Waals surface area contributed by atoms with Crippen LogP contribution in [0.5, 0.6) is 5.75 Å². The molecule has 0 amide bonds. The summed E-state index contributed by atoms with van der Waals surface area (Å²) >= 11 is 14.7. The summed E-state index contributed by atoms with van der Waals surface area (Å²) in [5, 5.41) is 0. The lowest BCUT2D eigenvalue weighted by molar-refractivity contribution is 0.412. The van der Waals surface area contributed by atoms with Gasteiger partial charge in [-0.15, -0.1) is 11.3 Å². The van der Waals surface area contributed by atoms with Crippen molar-refractivity contribution < 1.29 is 4.74 Å². The monoisotopic (exact) mass is 394 g/mol. The highest BCUT2D eigenvalue weighted by molar-refractivity contribution is 9.10. The molecule has 1 heterocycles. The SMILES string of the molecule is COc1ccc(C(Br)c2ccc(Cl)s2)cc1Br. The molecule has 0 aliphatic heterocycles. The van der Waals surface area contributed by atoms with Crippen LogP contribution < -0.4 is 4.74 Å². The lowest BCUT2D eigenvalue weighted by Crippen LogP contribution is -1.91. The minimum atomic E-state index is 0.155. The second-order valence-corrected chi connectivity index (χ2v) is 6.92. The summed E-state index contributed by atoms with van der Waals surface area (Å²) in [5.41, 5.74) is 1.16. The molecule has 1 unspecified atom stereocenters. The maximum atomic E-state index is 5.94. The summed E-state index contributed by atoms with van der Waals surface area (Å²) < 4.78 is 6.96. The Bertz CT molecular complexity index is 527. The molecule has 0 fully saturated rings. The van der Waals surface area contributed by atoms with Crippen LogP contribution in [0.4, 0.5) is 0 Å². The smallest absolute Gasteiger partial charge is 0.133 e. The van der Waals surface area contributed by atoms with Crippen LogP contribution in [-0.4, -0.2) is 7.11 Å². The molecule has 90 valence electrons. The molecule has 0 saturated heterocycles. The molecule has 0 aliphatic rings. The van der Waals surface area contributed by atoms with Crippen molar-refractivity contribution in [2.24, 2.45) is 0 Å². The van der Waals surface area contributed by atoms with E-state index in [0.717, 1.165) is 20.1 Å². The molecule has 5 heteroatoms. The average molecular weight is 397 g/mol. The number of thiophene rings is 1. The Morgan fingerprint density at radius 2 is 2.06 bits per heavy atom. The van der Waals surface area contributed by atoms with Crippen LogP contribution in [0.25, 0.3) is 0 Å². The largest absolute Gasteiger partial charge is 0.496 e. The molecule has 1 nitrogen and oxygen atoms in total. The first-order valence-corrected chi connectivity index (χ1v) is 7.75. The number of ether oxygens (including phenoxy) is 1. The van der Waals surface area contributed by atoms with Crippen molar-refractivity contribution >= 4 is 54.8 Å². The highest BCUT2D eigenvalue weighted by atomic mass is 79.9. The lowest BCUT2D eigenvalue weighted by Gasteiger charge is -2.10. The third-order valence-electron chi connectivity index (χ3n) is 2.31. The first-order valence-electron chi connectivity index (χ1n) is 4.84. The van der Waals surface area contributed by atoms with Gasteiger partial charge in [-0.05, 0) is 45.8 Å². The number of alkyl halides is 1. The van der Waals surface area contributed by atoms with Crippen molar-refractivity contribution in [3.63, 3.8) is 0 Å². The molecule has 1 aromatic heterocycles. The Morgan fingerprint density at radius 3 is 2.59 bits per heavy atom. The van der Waals surface area contributed by atoms with Gasteiger partial charge in [0.15, 0.2) is 0 Å². The average Bonchev–Trinajstić information content (AvgIpc) is 2.75. The highest BCUT2D eigenvalue weighted by Crippen LogP contribution is 2.39. The van der Waals surface area contributed by atoms with E-state index in [9.17, 15) is 0 Å².